The van der Waals surface area contributed by atoms with Crippen LogP contribution in [0, 0.1) is 6.92 Å². The molecule has 4 aromatic rings. The van der Waals surface area contributed by atoms with Crippen molar-refractivity contribution in [2.75, 3.05) is 10.6 Å². The lowest BCUT2D eigenvalue weighted by Crippen LogP contribution is -2.03. The van der Waals surface area contributed by atoms with Gasteiger partial charge in [0, 0.05) is 34.6 Å². The highest BCUT2D eigenvalue weighted by Gasteiger charge is 2.07. The summed E-state index contributed by atoms with van der Waals surface area (Å²) in [5.41, 5.74) is 3.97. The Balaban J connectivity index is 1.64. The Bertz CT molecular complexity index is 1170. The smallest absolute Gasteiger partial charge is 0.229 e. The van der Waals surface area contributed by atoms with Gasteiger partial charge in [-0.05, 0) is 38.1 Å². The Morgan fingerprint density at radius 2 is 1.75 bits per heavy atom. The van der Waals surface area contributed by atoms with E-state index in [1.807, 2.05) is 55.5 Å². The number of ketones is 1. The summed E-state index contributed by atoms with van der Waals surface area (Å²) < 4.78 is 0. The first-order chi connectivity index (χ1) is 13.6. The number of carbonyl (C=O) groups is 1. The maximum absolute atomic E-state index is 11.6. The van der Waals surface area contributed by atoms with Crippen molar-refractivity contribution in [1.29, 1.82) is 0 Å². The molecule has 4 rings (SSSR count). The number of nitrogens with one attached hydrogen (secondary N) is 2. The summed E-state index contributed by atoms with van der Waals surface area (Å²) in [5.74, 6) is 1.13. The van der Waals surface area contributed by atoms with Crippen molar-refractivity contribution in [3.05, 3.63) is 78.1 Å². The van der Waals surface area contributed by atoms with Gasteiger partial charge in [0.2, 0.25) is 5.95 Å². The highest BCUT2D eigenvalue weighted by Crippen LogP contribution is 2.25. The van der Waals surface area contributed by atoms with Crippen molar-refractivity contribution < 1.29 is 4.79 Å². The third-order valence-electron chi connectivity index (χ3n) is 4.27. The van der Waals surface area contributed by atoms with Crippen molar-refractivity contribution in [3.8, 4) is 0 Å². The van der Waals surface area contributed by atoms with Crippen LogP contribution in [0.2, 0.25) is 0 Å². The summed E-state index contributed by atoms with van der Waals surface area (Å²) in [5, 5.41) is 7.56. The lowest BCUT2D eigenvalue weighted by atomic mass is 10.1. The van der Waals surface area contributed by atoms with Gasteiger partial charge in [-0.1, -0.05) is 30.3 Å². The van der Waals surface area contributed by atoms with Crippen LogP contribution in [0.3, 0.4) is 0 Å². The van der Waals surface area contributed by atoms with Crippen LogP contribution in [0.1, 0.15) is 23.0 Å². The summed E-state index contributed by atoms with van der Waals surface area (Å²) >= 11 is 0. The molecule has 28 heavy (non-hydrogen) atoms. The fourth-order valence-electron chi connectivity index (χ4n) is 2.98. The molecule has 138 valence electrons. The minimum Gasteiger partial charge on any atom is -0.338 e. The van der Waals surface area contributed by atoms with E-state index in [0.717, 1.165) is 28.0 Å². The minimum atomic E-state index is 0.0135. The van der Waals surface area contributed by atoms with Gasteiger partial charge in [0.25, 0.3) is 0 Å². The first kappa shape index (κ1) is 17.6. The third-order valence-corrected chi connectivity index (χ3v) is 4.27. The molecule has 0 atom stereocenters. The van der Waals surface area contributed by atoms with Crippen molar-refractivity contribution in [1.82, 2.24) is 15.0 Å². The molecule has 0 saturated heterocycles. The fraction of sp³-hybridized carbons (Fsp3) is 0.0909. The zero-order valence-electron chi connectivity index (χ0n) is 15.6. The number of anilines is 4. The van der Waals surface area contributed by atoms with Crippen LogP contribution >= 0.6 is 0 Å². The van der Waals surface area contributed by atoms with E-state index in [9.17, 15) is 4.79 Å². The SMILES string of the molecule is CC(=O)c1cccc(Nc2nc(C)cc(Nc3cccc4cccnc34)n2)c1. The summed E-state index contributed by atoms with van der Waals surface area (Å²) in [6, 6.07) is 19.1. The summed E-state index contributed by atoms with van der Waals surface area (Å²) in [6.45, 7) is 3.45. The minimum absolute atomic E-state index is 0.0135. The molecule has 0 amide bonds. The quantitative estimate of drug-likeness (QED) is 0.481. The second-order valence-corrected chi connectivity index (χ2v) is 6.49. The van der Waals surface area contributed by atoms with Gasteiger partial charge in [0.1, 0.15) is 5.82 Å². The van der Waals surface area contributed by atoms with Gasteiger partial charge in [0.15, 0.2) is 5.78 Å². The molecule has 0 saturated carbocycles. The van der Waals surface area contributed by atoms with Crippen LogP contribution in [0.15, 0.2) is 66.9 Å². The number of fused-ring (bicyclic) bond motifs is 1. The summed E-state index contributed by atoms with van der Waals surface area (Å²) in [6.07, 6.45) is 1.77. The normalized spacial score (nSPS) is 10.6. The second-order valence-electron chi connectivity index (χ2n) is 6.49. The predicted molar refractivity (Wildman–Crippen MR) is 112 cm³/mol. The maximum Gasteiger partial charge on any atom is 0.229 e. The number of aromatic nitrogens is 3. The van der Waals surface area contributed by atoms with Gasteiger partial charge < -0.3 is 10.6 Å². The van der Waals surface area contributed by atoms with Gasteiger partial charge >= 0.3 is 0 Å². The zero-order valence-corrected chi connectivity index (χ0v) is 15.6. The van der Waals surface area contributed by atoms with Crippen molar-refractivity contribution in [3.63, 3.8) is 0 Å². The first-order valence-electron chi connectivity index (χ1n) is 8.93. The van der Waals surface area contributed by atoms with E-state index in [-0.39, 0.29) is 5.78 Å². The number of nitrogens with zero attached hydrogens (tertiary/aromatic N) is 3. The summed E-state index contributed by atoms with van der Waals surface area (Å²) in [7, 11) is 0. The Kier molecular flexibility index (Phi) is 4.68. The average molecular weight is 369 g/mol. The molecule has 2 aromatic heterocycles. The first-order valence-corrected chi connectivity index (χ1v) is 8.93. The molecule has 0 unspecified atom stereocenters. The van der Waals surface area contributed by atoms with Crippen LogP contribution in [0.4, 0.5) is 23.1 Å². The number of hydrogen-bond donors (Lipinski definition) is 2. The largest absolute Gasteiger partial charge is 0.338 e. The zero-order chi connectivity index (χ0) is 19.5. The van der Waals surface area contributed by atoms with E-state index in [1.54, 1.807) is 25.3 Å². The van der Waals surface area contributed by atoms with Crippen LogP contribution in [-0.2, 0) is 0 Å². The van der Waals surface area contributed by atoms with Crippen molar-refractivity contribution in [2.45, 2.75) is 13.8 Å². The Labute approximate surface area is 162 Å². The topological polar surface area (TPSA) is 79.8 Å². The molecule has 0 radical (unpaired) electrons. The Hall–Kier alpha value is -3.80. The standard InChI is InChI=1S/C22H19N5O/c1-14-12-20(26-19-10-4-6-16-8-5-11-23-21(16)19)27-22(24-14)25-18-9-3-7-17(13-18)15(2)28/h3-13H,1-2H3,(H2,24,25,26,27). The van der Waals surface area contributed by atoms with E-state index in [2.05, 4.69) is 25.6 Å². The number of Topliss-reactive ketones (excluding diaryl/α,β-unsaturated/α-hetero) is 1. The van der Waals surface area contributed by atoms with Gasteiger partial charge in [0.05, 0.1) is 11.2 Å². The number of rotatable bonds is 5. The molecule has 2 heterocycles. The number of carbonyl (C=O) groups excluding carboxylic acids is 1. The lowest BCUT2D eigenvalue weighted by molar-refractivity contribution is 0.101. The van der Waals surface area contributed by atoms with Gasteiger partial charge in [-0.25, -0.2) is 4.98 Å². The molecule has 2 aromatic carbocycles. The van der Waals surface area contributed by atoms with E-state index >= 15 is 0 Å². The molecule has 6 heteroatoms. The number of para-hydroxylation sites is 1. The maximum atomic E-state index is 11.6. The van der Waals surface area contributed by atoms with Crippen molar-refractivity contribution in [2.24, 2.45) is 0 Å². The monoisotopic (exact) mass is 369 g/mol. The number of aryl methyl sites for hydroxylation is 1. The van der Waals surface area contributed by atoms with Crippen molar-refractivity contribution >= 4 is 39.8 Å². The van der Waals surface area contributed by atoms with Gasteiger partial charge in [-0.15, -0.1) is 0 Å². The molecule has 0 bridgehead atoms. The molecule has 0 spiro atoms. The van der Waals surface area contributed by atoms with E-state index in [4.69, 9.17) is 0 Å². The lowest BCUT2D eigenvalue weighted by Gasteiger charge is -2.11. The highest BCUT2D eigenvalue weighted by molar-refractivity contribution is 5.95. The third kappa shape index (κ3) is 3.81. The highest BCUT2D eigenvalue weighted by atomic mass is 16.1. The molecule has 0 fully saturated rings. The number of benzene rings is 2. The second kappa shape index (κ2) is 7.44. The van der Waals surface area contributed by atoms with E-state index in [1.165, 1.54) is 0 Å². The molecule has 2 N–H and O–H groups in total. The molecule has 6 nitrogen and oxygen atoms in total. The molecular weight excluding hydrogens is 350 g/mol. The molecular formula is C22H19N5O. The van der Waals surface area contributed by atoms with Crippen LogP contribution in [0.5, 0.6) is 0 Å². The van der Waals surface area contributed by atoms with Crippen LogP contribution in [0.25, 0.3) is 10.9 Å². The van der Waals surface area contributed by atoms with Crippen LogP contribution in [-0.4, -0.2) is 20.7 Å². The Morgan fingerprint density at radius 3 is 2.61 bits per heavy atom. The van der Waals surface area contributed by atoms with Gasteiger partial charge in [-0.3, -0.25) is 9.78 Å². The number of hydrogen-bond acceptors (Lipinski definition) is 6. The molecule has 0 aliphatic rings. The summed E-state index contributed by atoms with van der Waals surface area (Å²) in [4.78, 5) is 25.1. The fourth-order valence-corrected chi connectivity index (χ4v) is 2.98. The average Bonchev–Trinajstić information content (AvgIpc) is 2.68. The molecule has 0 aliphatic heterocycles. The predicted octanol–water partition coefficient (Wildman–Crippen LogP) is 5.02. The van der Waals surface area contributed by atoms with E-state index < -0.39 is 0 Å². The van der Waals surface area contributed by atoms with E-state index in [0.29, 0.717) is 17.3 Å². The molecule has 0 aliphatic carbocycles. The number of pyridine rings is 1. The Morgan fingerprint density at radius 1 is 0.929 bits per heavy atom. The van der Waals surface area contributed by atoms with Gasteiger partial charge in [-0.2, -0.15) is 4.98 Å². The van der Waals surface area contributed by atoms with Crippen LogP contribution < -0.4 is 10.6 Å².